The fourth-order valence-corrected chi connectivity index (χ4v) is 3.96. The van der Waals surface area contributed by atoms with Gasteiger partial charge in [0.1, 0.15) is 0 Å². The van der Waals surface area contributed by atoms with Crippen LogP contribution in [0.15, 0.2) is 23.3 Å². The zero-order valence-corrected chi connectivity index (χ0v) is 15.8. The molecule has 0 radical (unpaired) electrons. The largest absolute Gasteiger partial charge is 0.0888 e. The van der Waals surface area contributed by atoms with Crippen molar-refractivity contribution in [3.63, 3.8) is 0 Å². The van der Waals surface area contributed by atoms with Gasteiger partial charge in [0, 0.05) is 0 Å². The molecule has 0 saturated heterocycles. The van der Waals surface area contributed by atoms with Crippen molar-refractivity contribution < 1.29 is 0 Å². The third kappa shape index (κ3) is 7.65. The first-order valence-electron chi connectivity index (χ1n) is 9.92. The molecule has 1 aliphatic rings. The molecule has 0 bridgehead atoms. The molecule has 128 valence electrons. The summed E-state index contributed by atoms with van der Waals surface area (Å²) in [6.07, 6.45) is 22.6. The van der Waals surface area contributed by atoms with Gasteiger partial charge in [-0.25, -0.2) is 0 Å². The molecule has 1 rings (SSSR count). The van der Waals surface area contributed by atoms with Crippen LogP contribution in [0.4, 0.5) is 0 Å². The van der Waals surface area contributed by atoms with Crippen molar-refractivity contribution in [3.8, 4) is 0 Å². The van der Waals surface area contributed by atoms with E-state index in [-0.39, 0.29) is 0 Å². The molecule has 0 amide bonds. The maximum atomic E-state index is 2.46. The van der Waals surface area contributed by atoms with Crippen LogP contribution in [0.2, 0.25) is 0 Å². The average molecular weight is 305 g/mol. The normalized spacial score (nSPS) is 18.4. The summed E-state index contributed by atoms with van der Waals surface area (Å²) in [5.41, 5.74) is 3.98. The first kappa shape index (κ1) is 19.5. The van der Waals surface area contributed by atoms with E-state index in [2.05, 4.69) is 39.8 Å². The van der Waals surface area contributed by atoms with Crippen molar-refractivity contribution in [3.05, 3.63) is 23.3 Å². The molecule has 0 atom stereocenters. The number of rotatable bonds is 11. The molecular formula is C22H40. The van der Waals surface area contributed by atoms with Crippen molar-refractivity contribution in [2.75, 3.05) is 0 Å². The van der Waals surface area contributed by atoms with Gasteiger partial charge in [-0.1, -0.05) is 76.2 Å². The van der Waals surface area contributed by atoms with Crippen molar-refractivity contribution in [1.29, 1.82) is 0 Å². The monoisotopic (exact) mass is 304 g/mol. The average Bonchev–Trinajstić information content (AvgIpc) is 2.47. The topological polar surface area (TPSA) is 0 Å². The van der Waals surface area contributed by atoms with Crippen LogP contribution in [0.3, 0.4) is 0 Å². The lowest BCUT2D eigenvalue weighted by atomic mass is 9.71. The number of hydrogen-bond donors (Lipinski definition) is 0. The maximum Gasteiger partial charge on any atom is -0.0142 e. The van der Waals surface area contributed by atoms with Gasteiger partial charge in [-0.05, 0) is 63.7 Å². The molecule has 22 heavy (non-hydrogen) atoms. The molecule has 0 aliphatic heterocycles. The minimum Gasteiger partial charge on any atom is -0.0888 e. The second-order valence-corrected chi connectivity index (χ2v) is 7.89. The third-order valence-corrected chi connectivity index (χ3v) is 5.39. The summed E-state index contributed by atoms with van der Waals surface area (Å²) in [6, 6.07) is 0. The summed E-state index contributed by atoms with van der Waals surface area (Å²) in [7, 11) is 0. The summed E-state index contributed by atoms with van der Waals surface area (Å²) in [5.74, 6) is 0. The maximum absolute atomic E-state index is 2.46. The van der Waals surface area contributed by atoms with E-state index in [1.165, 1.54) is 83.5 Å². The highest BCUT2D eigenvalue weighted by molar-refractivity contribution is 5.22. The molecule has 0 heterocycles. The van der Waals surface area contributed by atoms with Gasteiger partial charge >= 0.3 is 0 Å². The molecule has 0 aromatic heterocycles. The van der Waals surface area contributed by atoms with Crippen LogP contribution in [0.25, 0.3) is 0 Å². The highest BCUT2D eigenvalue weighted by atomic mass is 14.3. The molecular weight excluding hydrogens is 264 g/mol. The summed E-state index contributed by atoms with van der Waals surface area (Å²) in [4.78, 5) is 0. The fourth-order valence-electron chi connectivity index (χ4n) is 3.96. The van der Waals surface area contributed by atoms with E-state index >= 15 is 0 Å². The molecule has 0 N–H and O–H groups in total. The van der Waals surface area contributed by atoms with Crippen molar-refractivity contribution in [2.24, 2.45) is 5.41 Å². The van der Waals surface area contributed by atoms with Crippen LogP contribution >= 0.6 is 0 Å². The van der Waals surface area contributed by atoms with Crippen LogP contribution < -0.4 is 0 Å². The van der Waals surface area contributed by atoms with E-state index in [4.69, 9.17) is 0 Å². The Labute approximate surface area is 140 Å². The second kappa shape index (κ2) is 11.1. The summed E-state index contributed by atoms with van der Waals surface area (Å²) in [6.45, 7) is 9.50. The Morgan fingerprint density at radius 3 is 2.18 bits per heavy atom. The van der Waals surface area contributed by atoms with E-state index in [1.54, 1.807) is 11.1 Å². The van der Waals surface area contributed by atoms with E-state index in [9.17, 15) is 0 Å². The number of allylic oxidation sites excluding steroid dienone is 4. The zero-order chi connectivity index (χ0) is 16.3. The fraction of sp³-hybridized carbons (Fsp3) is 0.818. The highest BCUT2D eigenvalue weighted by Gasteiger charge is 2.27. The Balaban J connectivity index is 2.03. The van der Waals surface area contributed by atoms with Crippen LogP contribution in [-0.4, -0.2) is 0 Å². The van der Waals surface area contributed by atoms with Crippen molar-refractivity contribution >= 4 is 0 Å². The minimum absolute atomic E-state index is 0.480. The van der Waals surface area contributed by atoms with E-state index in [1.807, 2.05) is 0 Å². The Hall–Kier alpha value is -0.520. The summed E-state index contributed by atoms with van der Waals surface area (Å²) in [5, 5.41) is 0. The van der Waals surface area contributed by atoms with Crippen molar-refractivity contribution in [1.82, 2.24) is 0 Å². The van der Waals surface area contributed by atoms with Gasteiger partial charge in [-0.2, -0.15) is 0 Å². The molecule has 0 unspecified atom stereocenters. The molecule has 0 aromatic rings. The predicted molar refractivity (Wildman–Crippen MR) is 101 cm³/mol. The quantitative estimate of drug-likeness (QED) is 0.268. The van der Waals surface area contributed by atoms with Gasteiger partial charge in [0.15, 0.2) is 0 Å². The van der Waals surface area contributed by atoms with Gasteiger partial charge in [-0.15, -0.1) is 0 Å². The summed E-state index contributed by atoms with van der Waals surface area (Å²) < 4.78 is 0. The molecule has 0 saturated carbocycles. The Bertz CT molecular complexity index is 343. The Kier molecular flexibility index (Phi) is 9.84. The Morgan fingerprint density at radius 1 is 0.909 bits per heavy atom. The van der Waals surface area contributed by atoms with Crippen LogP contribution in [0.1, 0.15) is 111 Å². The number of unbranched alkanes of at least 4 members (excludes halogenated alkanes) is 7. The van der Waals surface area contributed by atoms with Crippen LogP contribution in [0, 0.1) is 5.41 Å². The third-order valence-electron chi connectivity index (χ3n) is 5.39. The first-order valence-corrected chi connectivity index (χ1v) is 9.92. The van der Waals surface area contributed by atoms with Crippen LogP contribution in [-0.2, 0) is 0 Å². The lowest BCUT2D eigenvalue weighted by Crippen LogP contribution is -2.20. The molecule has 0 spiro atoms. The van der Waals surface area contributed by atoms with Crippen molar-refractivity contribution in [2.45, 2.75) is 111 Å². The van der Waals surface area contributed by atoms with Gasteiger partial charge < -0.3 is 0 Å². The zero-order valence-electron chi connectivity index (χ0n) is 15.8. The van der Waals surface area contributed by atoms with E-state index in [0.717, 1.165) is 0 Å². The molecule has 1 aliphatic carbocycles. The van der Waals surface area contributed by atoms with Crippen LogP contribution in [0.5, 0.6) is 0 Å². The van der Waals surface area contributed by atoms with Gasteiger partial charge in [0.25, 0.3) is 0 Å². The smallest absolute Gasteiger partial charge is 0.0142 e. The van der Waals surface area contributed by atoms with Gasteiger partial charge in [0.2, 0.25) is 0 Å². The highest BCUT2D eigenvalue weighted by Crippen LogP contribution is 2.42. The molecule has 0 nitrogen and oxygen atoms in total. The molecule has 0 aromatic carbocycles. The minimum atomic E-state index is 0.480. The molecule has 0 fully saturated rings. The first-order chi connectivity index (χ1) is 10.6. The SMILES string of the molecule is CC/C=C/CCCCCCCCCC1=C(C)CCCC1(C)C. The standard InChI is InChI=1S/C22H40/c1-5-6-7-8-9-10-11-12-13-14-15-18-21-20(2)17-16-19-22(21,3)4/h6-7H,5,8-19H2,1-4H3/b7-6+. The number of hydrogen-bond acceptors (Lipinski definition) is 0. The second-order valence-electron chi connectivity index (χ2n) is 7.89. The predicted octanol–water partition coefficient (Wildman–Crippen LogP) is 7.99. The lowest BCUT2D eigenvalue weighted by molar-refractivity contribution is 0.350. The Morgan fingerprint density at radius 2 is 1.55 bits per heavy atom. The lowest BCUT2D eigenvalue weighted by Gasteiger charge is -2.34. The molecule has 0 heteroatoms. The van der Waals surface area contributed by atoms with Gasteiger partial charge in [-0.3, -0.25) is 0 Å². The van der Waals surface area contributed by atoms with E-state index < -0.39 is 0 Å². The summed E-state index contributed by atoms with van der Waals surface area (Å²) >= 11 is 0. The van der Waals surface area contributed by atoms with Gasteiger partial charge in [0.05, 0.1) is 0 Å². The van der Waals surface area contributed by atoms with E-state index in [0.29, 0.717) is 5.41 Å².